The van der Waals surface area contributed by atoms with Crippen LogP contribution in [0.15, 0.2) is 0 Å². The summed E-state index contributed by atoms with van der Waals surface area (Å²) in [4.78, 5) is 24.8. The third-order valence-corrected chi connectivity index (χ3v) is 3.28. The number of hydrogen-bond donors (Lipinski definition) is 2. The Labute approximate surface area is 102 Å². The Bertz CT molecular complexity index is 304. The van der Waals surface area contributed by atoms with Gasteiger partial charge in [-0.05, 0) is 46.6 Å². The highest BCUT2D eigenvalue weighted by Gasteiger charge is 2.41. The molecule has 1 heterocycles. The van der Waals surface area contributed by atoms with Crippen molar-refractivity contribution in [2.75, 3.05) is 13.1 Å². The summed E-state index contributed by atoms with van der Waals surface area (Å²) in [7, 11) is 0. The molecule has 1 aliphatic rings. The van der Waals surface area contributed by atoms with Crippen molar-refractivity contribution in [2.45, 2.75) is 51.6 Å². The molecule has 5 nitrogen and oxygen atoms in total. The summed E-state index contributed by atoms with van der Waals surface area (Å²) >= 11 is 0. The Morgan fingerprint density at radius 2 is 2.06 bits per heavy atom. The second kappa shape index (κ2) is 5.49. The van der Waals surface area contributed by atoms with E-state index in [1.54, 1.807) is 11.8 Å². The summed E-state index contributed by atoms with van der Waals surface area (Å²) in [5.74, 6) is -0.941. The van der Waals surface area contributed by atoms with Crippen LogP contribution in [0.25, 0.3) is 0 Å². The fourth-order valence-electron chi connectivity index (χ4n) is 2.21. The van der Waals surface area contributed by atoms with Gasteiger partial charge in [-0.25, -0.2) is 0 Å². The number of carboxylic acid groups (broad SMARTS) is 1. The number of carbonyl (C=O) groups is 2. The molecule has 0 aromatic carbocycles. The van der Waals surface area contributed by atoms with Gasteiger partial charge < -0.3 is 10.4 Å². The van der Waals surface area contributed by atoms with Crippen molar-refractivity contribution >= 4 is 11.9 Å². The van der Waals surface area contributed by atoms with Gasteiger partial charge in [-0.3, -0.25) is 14.5 Å². The molecule has 1 aliphatic heterocycles. The van der Waals surface area contributed by atoms with Crippen LogP contribution >= 0.6 is 0 Å². The van der Waals surface area contributed by atoms with E-state index in [-0.39, 0.29) is 18.5 Å². The Morgan fingerprint density at radius 1 is 1.41 bits per heavy atom. The number of nitrogens with one attached hydrogen (secondary N) is 1. The number of rotatable bonds is 4. The molecule has 0 aromatic rings. The van der Waals surface area contributed by atoms with Gasteiger partial charge in [-0.15, -0.1) is 0 Å². The van der Waals surface area contributed by atoms with Gasteiger partial charge in [-0.1, -0.05) is 0 Å². The summed E-state index contributed by atoms with van der Waals surface area (Å²) in [5.41, 5.74) is -0.896. The quantitative estimate of drug-likeness (QED) is 0.766. The van der Waals surface area contributed by atoms with Gasteiger partial charge in [-0.2, -0.15) is 0 Å². The Kier molecular flexibility index (Phi) is 4.51. The molecule has 0 spiro atoms. The van der Waals surface area contributed by atoms with Crippen molar-refractivity contribution in [3.8, 4) is 0 Å². The van der Waals surface area contributed by atoms with Crippen LogP contribution in [0.3, 0.4) is 0 Å². The highest BCUT2D eigenvalue weighted by atomic mass is 16.4. The summed E-state index contributed by atoms with van der Waals surface area (Å²) in [5, 5.41) is 12.1. The van der Waals surface area contributed by atoms with Gasteiger partial charge in [0.1, 0.15) is 5.54 Å². The Morgan fingerprint density at radius 3 is 2.59 bits per heavy atom. The summed E-state index contributed by atoms with van der Waals surface area (Å²) in [6.07, 6.45) is 2.47. The fraction of sp³-hybridized carbons (Fsp3) is 0.833. The molecule has 1 rings (SSSR count). The van der Waals surface area contributed by atoms with Crippen LogP contribution in [0.1, 0.15) is 40.0 Å². The van der Waals surface area contributed by atoms with Crippen LogP contribution < -0.4 is 5.32 Å². The van der Waals surface area contributed by atoms with Crippen molar-refractivity contribution < 1.29 is 14.7 Å². The molecule has 1 amide bonds. The maximum absolute atomic E-state index is 11.7. The first-order valence-electron chi connectivity index (χ1n) is 6.14. The van der Waals surface area contributed by atoms with Crippen molar-refractivity contribution in [1.82, 2.24) is 10.2 Å². The summed E-state index contributed by atoms with van der Waals surface area (Å²) in [6.45, 7) is 6.33. The lowest BCUT2D eigenvalue weighted by Crippen LogP contribution is -2.57. The molecule has 0 radical (unpaired) electrons. The third-order valence-electron chi connectivity index (χ3n) is 3.28. The zero-order valence-corrected chi connectivity index (χ0v) is 10.8. The molecule has 98 valence electrons. The highest BCUT2D eigenvalue weighted by Crippen LogP contribution is 2.27. The molecule has 1 fully saturated rings. The van der Waals surface area contributed by atoms with Crippen molar-refractivity contribution in [2.24, 2.45) is 0 Å². The van der Waals surface area contributed by atoms with Crippen LogP contribution in [0.5, 0.6) is 0 Å². The van der Waals surface area contributed by atoms with Gasteiger partial charge in [0, 0.05) is 6.04 Å². The van der Waals surface area contributed by atoms with E-state index in [9.17, 15) is 14.7 Å². The van der Waals surface area contributed by atoms with E-state index < -0.39 is 11.5 Å². The lowest BCUT2D eigenvalue weighted by Gasteiger charge is -2.41. The van der Waals surface area contributed by atoms with E-state index in [1.807, 2.05) is 13.8 Å². The lowest BCUT2D eigenvalue weighted by atomic mass is 9.88. The smallest absolute Gasteiger partial charge is 0.323 e. The molecule has 1 saturated heterocycles. The van der Waals surface area contributed by atoms with Gasteiger partial charge in [0.25, 0.3) is 0 Å². The third kappa shape index (κ3) is 3.43. The van der Waals surface area contributed by atoms with E-state index in [0.29, 0.717) is 13.0 Å². The maximum Gasteiger partial charge on any atom is 0.323 e. The van der Waals surface area contributed by atoms with E-state index in [4.69, 9.17) is 0 Å². The molecule has 2 N–H and O–H groups in total. The summed E-state index contributed by atoms with van der Waals surface area (Å²) < 4.78 is 0. The zero-order chi connectivity index (χ0) is 13.1. The largest absolute Gasteiger partial charge is 0.480 e. The lowest BCUT2D eigenvalue weighted by molar-refractivity contribution is -0.153. The standard InChI is InChI=1S/C12H22N2O3/c1-9(2)13-10(15)8-14-7-5-4-6-12(14,3)11(16)17/h9H,4-8H2,1-3H3,(H,13,15)(H,16,17). The minimum atomic E-state index is -0.896. The molecule has 1 atom stereocenters. The molecule has 5 heteroatoms. The fourth-order valence-corrected chi connectivity index (χ4v) is 2.21. The normalized spacial score (nSPS) is 25.9. The minimum Gasteiger partial charge on any atom is -0.480 e. The highest BCUT2D eigenvalue weighted by molar-refractivity contribution is 5.82. The van der Waals surface area contributed by atoms with Crippen molar-refractivity contribution in [3.05, 3.63) is 0 Å². The van der Waals surface area contributed by atoms with Crippen molar-refractivity contribution in [1.29, 1.82) is 0 Å². The van der Waals surface area contributed by atoms with Crippen molar-refractivity contribution in [3.63, 3.8) is 0 Å². The SMILES string of the molecule is CC(C)NC(=O)CN1CCCCC1(C)C(=O)O. The number of hydrogen-bond acceptors (Lipinski definition) is 3. The van der Waals surface area contributed by atoms with Crippen LogP contribution in [-0.2, 0) is 9.59 Å². The number of amides is 1. The number of carbonyl (C=O) groups excluding carboxylic acids is 1. The molecular weight excluding hydrogens is 220 g/mol. The van der Waals surface area contributed by atoms with Crippen LogP contribution in [0, 0.1) is 0 Å². The van der Waals surface area contributed by atoms with Gasteiger partial charge >= 0.3 is 5.97 Å². The second-order valence-corrected chi connectivity index (χ2v) is 5.18. The van der Waals surface area contributed by atoms with Gasteiger partial charge in [0.05, 0.1) is 6.54 Å². The molecule has 17 heavy (non-hydrogen) atoms. The predicted octanol–water partition coefficient (Wildman–Crippen LogP) is 0.840. The number of piperidine rings is 1. The average molecular weight is 242 g/mol. The predicted molar refractivity (Wildman–Crippen MR) is 64.7 cm³/mol. The van der Waals surface area contributed by atoms with Crippen LogP contribution in [0.4, 0.5) is 0 Å². The number of nitrogens with zero attached hydrogens (tertiary/aromatic N) is 1. The Balaban J connectivity index is 2.66. The molecule has 0 aliphatic carbocycles. The monoisotopic (exact) mass is 242 g/mol. The Hall–Kier alpha value is -1.10. The molecule has 1 unspecified atom stereocenters. The first-order chi connectivity index (χ1) is 7.86. The van der Waals surface area contributed by atoms with E-state index in [1.165, 1.54) is 0 Å². The molecule has 0 bridgehead atoms. The van der Waals surface area contributed by atoms with Gasteiger partial charge in [0.15, 0.2) is 0 Å². The number of aliphatic carboxylic acids is 1. The topological polar surface area (TPSA) is 69.6 Å². The van der Waals surface area contributed by atoms with E-state index in [2.05, 4.69) is 5.32 Å². The molecular formula is C12H22N2O3. The second-order valence-electron chi connectivity index (χ2n) is 5.18. The maximum atomic E-state index is 11.7. The summed E-state index contributed by atoms with van der Waals surface area (Å²) in [6, 6.07) is 0.0865. The molecule has 0 aromatic heterocycles. The average Bonchev–Trinajstić information content (AvgIpc) is 2.20. The van der Waals surface area contributed by atoms with Crippen LogP contribution in [-0.4, -0.2) is 46.6 Å². The number of likely N-dealkylation sites (tertiary alicyclic amines) is 1. The molecule has 0 saturated carbocycles. The van der Waals surface area contributed by atoms with Crippen LogP contribution in [0.2, 0.25) is 0 Å². The zero-order valence-electron chi connectivity index (χ0n) is 10.8. The van der Waals surface area contributed by atoms with Gasteiger partial charge in [0.2, 0.25) is 5.91 Å². The first-order valence-corrected chi connectivity index (χ1v) is 6.14. The van der Waals surface area contributed by atoms with E-state index in [0.717, 1.165) is 12.8 Å². The number of carboxylic acids is 1. The van der Waals surface area contributed by atoms with E-state index >= 15 is 0 Å². The minimum absolute atomic E-state index is 0.0865. The first kappa shape index (κ1) is 14.0.